The Labute approximate surface area is 252 Å². The van der Waals surface area contributed by atoms with E-state index in [1.165, 1.54) is 54.5 Å². The number of hydrogen-bond acceptors (Lipinski definition) is 6. The third-order valence-electron chi connectivity index (χ3n) is 8.39. The van der Waals surface area contributed by atoms with Crippen LogP contribution in [0, 0.1) is 11.7 Å². The summed E-state index contributed by atoms with van der Waals surface area (Å²) in [6.07, 6.45) is 5.43. The Hall–Kier alpha value is -4.45. The average Bonchev–Trinajstić information content (AvgIpc) is 3.55. The van der Waals surface area contributed by atoms with Gasteiger partial charge in [-0.25, -0.2) is 14.1 Å². The second-order valence-corrected chi connectivity index (χ2v) is 11.7. The number of aryl methyl sites for hydroxylation is 1. The van der Waals surface area contributed by atoms with Gasteiger partial charge in [0.2, 0.25) is 0 Å². The standard InChI is InChI=1S/C32H30F4N8.H2/c1-43-18-38-42-31(43)26-13-23(33)7-9-25(26)21-11-28(20-5-6-20)41-29(12-21)44-17-22(15-39-44)30-27(32(34,35)36)10-8-24(40-30)16-37-14-19-3-2-4-19;/h7-13,15,17-20,37H,2-6,14,16H2,1H3;1H. The minimum absolute atomic E-state index is 0. The number of aromatic nitrogens is 7. The molecule has 0 unspecified atom stereocenters. The molecule has 0 aliphatic heterocycles. The fourth-order valence-corrected chi connectivity index (χ4v) is 5.60. The number of halogens is 4. The summed E-state index contributed by atoms with van der Waals surface area (Å²) in [4.78, 5) is 9.25. The summed E-state index contributed by atoms with van der Waals surface area (Å²) >= 11 is 0. The van der Waals surface area contributed by atoms with Crippen LogP contribution in [0.25, 0.3) is 39.6 Å². The minimum atomic E-state index is -4.58. The molecule has 44 heavy (non-hydrogen) atoms. The number of rotatable bonds is 9. The molecule has 2 aliphatic rings. The van der Waals surface area contributed by atoms with E-state index in [1.807, 2.05) is 6.07 Å². The van der Waals surface area contributed by atoms with Crippen molar-refractivity contribution < 1.29 is 19.0 Å². The highest BCUT2D eigenvalue weighted by Gasteiger charge is 2.35. The molecule has 7 rings (SSSR count). The molecule has 0 radical (unpaired) electrons. The van der Waals surface area contributed by atoms with E-state index >= 15 is 0 Å². The molecule has 12 heteroatoms. The monoisotopic (exact) mass is 604 g/mol. The fraction of sp³-hybridized carbons (Fsp3) is 0.344. The van der Waals surface area contributed by atoms with Gasteiger partial charge in [-0.1, -0.05) is 12.5 Å². The first-order valence-corrected chi connectivity index (χ1v) is 14.7. The van der Waals surface area contributed by atoms with Crippen molar-refractivity contribution >= 4 is 0 Å². The van der Waals surface area contributed by atoms with E-state index in [-0.39, 0.29) is 18.6 Å². The molecule has 4 aromatic heterocycles. The number of nitrogens with zero attached hydrogens (tertiary/aromatic N) is 7. The van der Waals surface area contributed by atoms with Gasteiger partial charge in [0.1, 0.15) is 12.1 Å². The van der Waals surface area contributed by atoms with Crippen LogP contribution in [0.4, 0.5) is 17.6 Å². The predicted octanol–water partition coefficient (Wildman–Crippen LogP) is 6.96. The van der Waals surface area contributed by atoms with Crippen molar-refractivity contribution in [1.82, 2.24) is 39.8 Å². The predicted molar refractivity (Wildman–Crippen MR) is 158 cm³/mol. The molecule has 1 aromatic carbocycles. The lowest BCUT2D eigenvalue weighted by atomic mass is 9.85. The highest BCUT2D eigenvalue weighted by Crippen LogP contribution is 2.42. The topological polar surface area (TPSA) is 86.3 Å². The Kier molecular flexibility index (Phi) is 7.23. The molecule has 8 nitrogen and oxygen atoms in total. The molecule has 4 heterocycles. The molecular formula is C32H32F4N8. The Morgan fingerprint density at radius 2 is 1.82 bits per heavy atom. The molecule has 0 amide bonds. The van der Waals surface area contributed by atoms with Gasteiger partial charge in [0, 0.05) is 44.0 Å². The van der Waals surface area contributed by atoms with Crippen molar-refractivity contribution in [3.8, 4) is 39.6 Å². The van der Waals surface area contributed by atoms with Gasteiger partial charge in [-0.2, -0.15) is 18.3 Å². The van der Waals surface area contributed by atoms with Gasteiger partial charge < -0.3 is 9.88 Å². The van der Waals surface area contributed by atoms with Crippen LogP contribution in [0.15, 0.2) is 61.2 Å². The maximum atomic E-state index is 14.4. The quantitative estimate of drug-likeness (QED) is 0.183. The summed E-state index contributed by atoms with van der Waals surface area (Å²) < 4.78 is 59.8. The summed E-state index contributed by atoms with van der Waals surface area (Å²) in [6.45, 7) is 1.21. The van der Waals surface area contributed by atoms with E-state index in [0.717, 1.165) is 42.3 Å². The lowest BCUT2D eigenvalue weighted by Gasteiger charge is -2.25. The highest BCUT2D eigenvalue weighted by molar-refractivity contribution is 5.81. The van der Waals surface area contributed by atoms with E-state index in [1.54, 1.807) is 30.1 Å². The molecule has 228 valence electrons. The molecule has 2 saturated carbocycles. The maximum Gasteiger partial charge on any atom is 0.418 e. The maximum absolute atomic E-state index is 14.4. The molecule has 0 bridgehead atoms. The first-order chi connectivity index (χ1) is 21.2. The van der Waals surface area contributed by atoms with Crippen molar-refractivity contribution in [2.24, 2.45) is 13.0 Å². The SMILES string of the molecule is Cn1cnnc1-c1cc(F)ccc1-c1cc(C2CC2)nc(-n2cc(-c3nc(CNCC4CCC4)ccc3C(F)(F)F)cn2)c1.[HH]. The molecule has 5 aromatic rings. The zero-order chi connectivity index (χ0) is 30.4. The van der Waals surface area contributed by atoms with Gasteiger partial charge in [0.05, 0.1) is 23.1 Å². The van der Waals surface area contributed by atoms with Crippen LogP contribution in [-0.4, -0.2) is 41.1 Å². The van der Waals surface area contributed by atoms with Crippen molar-refractivity contribution in [3.63, 3.8) is 0 Å². The van der Waals surface area contributed by atoms with Crippen molar-refractivity contribution in [2.45, 2.75) is 50.7 Å². The summed E-state index contributed by atoms with van der Waals surface area (Å²) in [6, 6.07) is 10.8. The first kappa shape index (κ1) is 28.3. The van der Waals surface area contributed by atoms with Gasteiger partial charge in [0.15, 0.2) is 11.6 Å². The Morgan fingerprint density at radius 3 is 2.52 bits per heavy atom. The van der Waals surface area contributed by atoms with Crippen LogP contribution in [0.2, 0.25) is 0 Å². The smallest absolute Gasteiger partial charge is 0.317 e. The van der Waals surface area contributed by atoms with Gasteiger partial charge in [-0.3, -0.25) is 4.98 Å². The van der Waals surface area contributed by atoms with E-state index < -0.39 is 17.6 Å². The summed E-state index contributed by atoms with van der Waals surface area (Å²) in [5.74, 6) is 1.42. The van der Waals surface area contributed by atoms with Crippen molar-refractivity contribution in [1.29, 1.82) is 0 Å². The number of alkyl halides is 3. The van der Waals surface area contributed by atoms with E-state index in [2.05, 4.69) is 25.6 Å². The van der Waals surface area contributed by atoms with Gasteiger partial charge >= 0.3 is 6.18 Å². The molecule has 0 saturated heterocycles. The van der Waals surface area contributed by atoms with E-state index in [4.69, 9.17) is 4.98 Å². The van der Waals surface area contributed by atoms with Crippen LogP contribution >= 0.6 is 0 Å². The van der Waals surface area contributed by atoms with Gasteiger partial charge in [0.25, 0.3) is 0 Å². The molecule has 0 spiro atoms. The van der Waals surface area contributed by atoms with Crippen molar-refractivity contribution in [2.75, 3.05) is 6.54 Å². The molecule has 0 atom stereocenters. The van der Waals surface area contributed by atoms with Crippen LogP contribution in [0.5, 0.6) is 0 Å². The zero-order valence-corrected chi connectivity index (χ0v) is 24.0. The Bertz CT molecular complexity index is 1820. The average molecular weight is 605 g/mol. The second kappa shape index (κ2) is 11.2. The fourth-order valence-electron chi connectivity index (χ4n) is 5.60. The number of pyridine rings is 2. The lowest BCUT2D eigenvalue weighted by molar-refractivity contribution is -0.137. The van der Waals surface area contributed by atoms with Crippen LogP contribution < -0.4 is 5.32 Å². The largest absolute Gasteiger partial charge is 0.418 e. The van der Waals surface area contributed by atoms with E-state index in [9.17, 15) is 17.6 Å². The zero-order valence-electron chi connectivity index (χ0n) is 24.0. The normalized spacial score (nSPS) is 15.5. The van der Waals surface area contributed by atoms with Crippen LogP contribution in [-0.2, 0) is 19.8 Å². The second-order valence-electron chi connectivity index (χ2n) is 11.7. The van der Waals surface area contributed by atoms with E-state index in [0.29, 0.717) is 35.4 Å². The van der Waals surface area contributed by atoms with Gasteiger partial charge in [-0.15, -0.1) is 10.2 Å². The minimum Gasteiger partial charge on any atom is -0.317 e. The lowest BCUT2D eigenvalue weighted by Crippen LogP contribution is -2.27. The summed E-state index contributed by atoms with van der Waals surface area (Å²) in [5.41, 5.74) is 2.67. The third kappa shape index (κ3) is 5.73. The molecule has 2 aliphatic carbocycles. The summed E-state index contributed by atoms with van der Waals surface area (Å²) in [5, 5.41) is 15.9. The first-order valence-electron chi connectivity index (χ1n) is 14.7. The Balaban J connectivity index is 0.00000357. The van der Waals surface area contributed by atoms with Crippen LogP contribution in [0.1, 0.15) is 56.4 Å². The van der Waals surface area contributed by atoms with Crippen molar-refractivity contribution in [3.05, 3.63) is 84.0 Å². The molecule has 2 fully saturated rings. The Morgan fingerprint density at radius 1 is 0.977 bits per heavy atom. The van der Waals surface area contributed by atoms with Gasteiger partial charge in [-0.05, 0) is 85.7 Å². The summed E-state index contributed by atoms with van der Waals surface area (Å²) in [7, 11) is 1.78. The molecular weight excluding hydrogens is 572 g/mol. The van der Waals surface area contributed by atoms with Crippen LogP contribution in [0.3, 0.4) is 0 Å². The number of nitrogens with one attached hydrogen (secondary N) is 1. The molecule has 1 N–H and O–H groups in total. The number of hydrogen-bond donors (Lipinski definition) is 1. The number of benzene rings is 1. The highest BCUT2D eigenvalue weighted by atomic mass is 19.4. The third-order valence-corrected chi connectivity index (χ3v) is 8.39.